The van der Waals surface area contributed by atoms with Gasteiger partial charge in [0.2, 0.25) is 0 Å². The second-order valence-electron chi connectivity index (χ2n) is 17.2. The van der Waals surface area contributed by atoms with E-state index >= 15 is 0 Å². The summed E-state index contributed by atoms with van der Waals surface area (Å²) in [5.41, 5.74) is 12.5. The molecule has 0 spiro atoms. The van der Waals surface area contributed by atoms with Gasteiger partial charge in [-0.15, -0.1) is 41.3 Å². The molecule has 0 saturated heterocycles. The zero-order valence-electron chi connectivity index (χ0n) is 34.3. The molecule has 0 N–H and O–H groups in total. The van der Waals surface area contributed by atoms with Gasteiger partial charge in [-0.25, -0.2) is 4.98 Å². The SMILES string of the molecule is CCCCc1ccnc(-n2c3[c-]c(Oc4[c-]c(-n5nc(C)c(-c6c(C(C)(C)C)cccc6C(C)(C)C)c5C)cc(C(C)C)c4)ccc3c3ccccc32)c1.[Pd+2]. The molecule has 0 atom stereocenters. The van der Waals surface area contributed by atoms with Crippen molar-refractivity contribution < 1.29 is 25.2 Å². The van der Waals surface area contributed by atoms with E-state index in [2.05, 4.69) is 170 Å². The number of pyridine rings is 1. The Morgan fingerprint density at radius 1 is 0.764 bits per heavy atom. The first-order valence-electron chi connectivity index (χ1n) is 19.5. The Morgan fingerprint density at radius 2 is 1.47 bits per heavy atom. The molecule has 0 unspecified atom stereocenters. The summed E-state index contributed by atoms with van der Waals surface area (Å²) in [6.45, 7) is 24.8. The zero-order chi connectivity index (χ0) is 38.5. The van der Waals surface area contributed by atoms with Crippen LogP contribution in [0.4, 0.5) is 0 Å². The average Bonchev–Trinajstić information content (AvgIpc) is 3.61. The van der Waals surface area contributed by atoms with Crippen LogP contribution in [0, 0.1) is 26.0 Å². The molecule has 0 aliphatic carbocycles. The molecule has 7 rings (SSSR count). The van der Waals surface area contributed by atoms with Crippen LogP contribution in [0.15, 0.2) is 85.1 Å². The standard InChI is InChI=1S/C49H54N4O.Pd/c1-12-13-17-34-24-25-50-45(26-34)52-43-21-15-14-18-39(43)40-23-22-37(30-44(40)52)54-38-28-35(31(2)3)27-36(29-38)53-33(5)46(32(4)51-53)47-41(48(6,7)8)19-16-20-42(47)49(9,10)11;/h14-16,18-28,31H,12-13,17H2,1-11H3;/q-2;+2. The molecular formula is C49H54N4OPd. The first-order valence-corrected chi connectivity index (χ1v) is 19.5. The maximum atomic E-state index is 6.71. The number of hydrogen-bond donors (Lipinski definition) is 0. The Morgan fingerprint density at radius 3 is 2.15 bits per heavy atom. The van der Waals surface area contributed by atoms with Crippen molar-refractivity contribution in [1.82, 2.24) is 19.3 Å². The van der Waals surface area contributed by atoms with Gasteiger partial charge in [0.1, 0.15) is 5.82 Å². The third kappa shape index (κ3) is 7.82. The maximum absolute atomic E-state index is 6.71. The van der Waals surface area contributed by atoms with Crippen LogP contribution in [0.2, 0.25) is 0 Å². The number of benzene rings is 4. The van der Waals surface area contributed by atoms with Gasteiger partial charge >= 0.3 is 20.4 Å². The van der Waals surface area contributed by atoms with Gasteiger partial charge in [-0.05, 0) is 95.0 Å². The summed E-state index contributed by atoms with van der Waals surface area (Å²) >= 11 is 0. The Kier molecular flexibility index (Phi) is 11.4. The van der Waals surface area contributed by atoms with E-state index in [0.29, 0.717) is 11.5 Å². The van der Waals surface area contributed by atoms with Gasteiger partial charge in [-0.3, -0.25) is 4.68 Å². The van der Waals surface area contributed by atoms with Gasteiger partial charge in [0.15, 0.2) is 0 Å². The number of nitrogens with zero attached hydrogens (tertiary/aromatic N) is 4. The summed E-state index contributed by atoms with van der Waals surface area (Å²) in [6, 6.07) is 35.3. The number of fused-ring (bicyclic) bond motifs is 3. The van der Waals surface area contributed by atoms with Gasteiger partial charge in [-0.2, -0.15) is 11.2 Å². The third-order valence-corrected chi connectivity index (χ3v) is 10.6. The second kappa shape index (κ2) is 15.6. The average molecular weight is 821 g/mol. The van der Waals surface area contributed by atoms with E-state index in [4.69, 9.17) is 14.8 Å². The minimum Gasteiger partial charge on any atom is -0.509 e. The number of aryl methyl sites for hydroxylation is 2. The van der Waals surface area contributed by atoms with Crippen LogP contribution < -0.4 is 4.74 Å². The van der Waals surface area contributed by atoms with Crippen LogP contribution in [0.1, 0.15) is 115 Å². The molecule has 0 aliphatic rings. The van der Waals surface area contributed by atoms with Gasteiger partial charge in [0.05, 0.1) is 5.69 Å². The molecule has 7 aromatic rings. The van der Waals surface area contributed by atoms with Gasteiger partial charge in [0.25, 0.3) is 0 Å². The quantitative estimate of drug-likeness (QED) is 0.108. The summed E-state index contributed by atoms with van der Waals surface area (Å²) in [5, 5.41) is 7.47. The monoisotopic (exact) mass is 820 g/mol. The van der Waals surface area contributed by atoms with Crippen molar-refractivity contribution in [3.05, 3.63) is 131 Å². The number of aromatic nitrogens is 4. The normalized spacial score (nSPS) is 12.1. The molecule has 4 aromatic carbocycles. The Balaban J connectivity index is 0.00000514. The molecule has 5 nitrogen and oxygen atoms in total. The number of hydrogen-bond acceptors (Lipinski definition) is 3. The minimum absolute atomic E-state index is 0. The van der Waals surface area contributed by atoms with Crippen LogP contribution >= 0.6 is 0 Å². The molecule has 0 saturated carbocycles. The largest absolute Gasteiger partial charge is 2.00 e. The summed E-state index contributed by atoms with van der Waals surface area (Å²) in [7, 11) is 0. The molecule has 286 valence electrons. The molecule has 3 aromatic heterocycles. The fourth-order valence-corrected chi connectivity index (χ4v) is 7.77. The number of unbranched alkanes of at least 4 members (excludes halogenated alkanes) is 1. The minimum atomic E-state index is -0.0422. The topological polar surface area (TPSA) is 44.9 Å². The van der Waals surface area contributed by atoms with Crippen molar-refractivity contribution in [3.8, 4) is 34.1 Å². The van der Waals surface area contributed by atoms with Crippen LogP contribution in [0.5, 0.6) is 11.5 Å². The van der Waals surface area contributed by atoms with Crippen LogP contribution in [0.25, 0.3) is 44.4 Å². The van der Waals surface area contributed by atoms with Crippen molar-refractivity contribution in [3.63, 3.8) is 0 Å². The number of para-hydroxylation sites is 1. The van der Waals surface area contributed by atoms with E-state index in [1.54, 1.807) is 0 Å². The predicted octanol–water partition coefficient (Wildman–Crippen LogP) is 13.1. The molecule has 55 heavy (non-hydrogen) atoms. The van der Waals surface area contributed by atoms with Crippen molar-refractivity contribution in [2.75, 3.05) is 0 Å². The van der Waals surface area contributed by atoms with E-state index in [1.165, 1.54) is 27.8 Å². The fraction of sp³-hybridized carbons (Fsp3) is 0.347. The van der Waals surface area contributed by atoms with Crippen molar-refractivity contribution in [2.24, 2.45) is 0 Å². The van der Waals surface area contributed by atoms with Crippen LogP contribution in [-0.4, -0.2) is 19.3 Å². The van der Waals surface area contributed by atoms with Crippen molar-refractivity contribution in [2.45, 2.75) is 112 Å². The Bertz CT molecular complexity index is 2460. The van der Waals surface area contributed by atoms with Crippen LogP contribution in [0.3, 0.4) is 0 Å². The van der Waals surface area contributed by atoms with Crippen LogP contribution in [-0.2, 0) is 37.7 Å². The van der Waals surface area contributed by atoms with E-state index in [1.807, 2.05) is 12.3 Å². The smallest absolute Gasteiger partial charge is 0.509 e. The first kappa shape index (κ1) is 40.2. The number of ether oxygens (including phenoxy) is 1. The first-order chi connectivity index (χ1) is 25.7. The summed E-state index contributed by atoms with van der Waals surface area (Å²) in [6.07, 6.45) is 5.26. The third-order valence-electron chi connectivity index (χ3n) is 10.6. The van der Waals surface area contributed by atoms with Gasteiger partial charge in [0, 0.05) is 34.5 Å². The van der Waals surface area contributed by atoms with E-state index in [9.17, 15) is 0 Å². The number of rotatable bonds is 9. The summed E-state index contributed by atoms with van der Waals surface area (Å²) in [4.78, 5) is 4.84. The maximum Gasteiger partial charge on any atom is 2.00 e. The van der Waals surface area contributed by atoms with E-state index < -0.39 is 0 Å². The van der Waals surface area contributed by atoms with E-state index in [-0.39, 0.29) is 37.2 Å². The molecule has 0 amide bonds. The molecule has 0 fully saturated rings. The second-order valence-corrected chi connectivity index (χ2v) is 17.2. The summed E-state index contributed by atoms with van der Waals surface area (Å²) in [5.74, 6) is 2.42. The van der Waals surface area contributed by atoms with Crippen molar-refractivity contribution in [1.29, 1.82) is 0 Å². The molecule has 3 heterocycles. The Hall–Kier alpha value is -4.50. The van der Waals surface area contributed by atoms with E-state index in [0.717, 1.165) is 69.5 Å². The zero-order valence-corrected chi connectivity index (χ0v) is 35.8. The molecular weight excluding hydrogens is 767 g/mol. The van der Waals surface area contributed by atoms with Crippen molar-refractivity contribution >= 4 is 21.8 Å². The Labute approximate surface area is 341 Å². The predicted molar refractivity (Wildman–Crippen MR) is 225 cm³/mol. The molecule has 0 aliphatic heterocycles. The fourth-order valence-electron chi connectivity index (χ4n) is 7.77. The molecule has 0 radical (unpaired) electrons. The molecule has 6 heteroatoms. The van der Waals surface area contributed by atoms with Gasteiger partial charge in [-0.1, -0.05) is 111 Å². The molecule has 0 bridgehead atoms. The summed E-state index contributed by atoms with van der Waals surface area (Å²) < 4.78 is 11.0. The van der Waals surface area contributed by atoms with Gasteiger partial charge < -0.3 is 9.30 Å².